The summed E-state index contributed by atoms with van der Waals surface area (Å²) in [6.45, 7) is 1.99. The Labute approximate surface area is 135 Å². The van der Waals surface area contributed by atoms with E-state index in [4.69, 9.17) is 0 Å². The van der Waals surface area contributed by atoms with Crippen LogP contribution in [0.1, 0.15) is 5.56 Å². The van der Waals surface area contributed by atoms with Gasteiger partial charge in [-0.1, -0.05) is 0 Å². The lowest BCUT2D eigenvalue weighted by Gasteiger charge is -2.15. The van der Waals surface area contributed by atoms with E-state index in [-0.39, 0.29) is 0 Å². The summed E-state index contributed by atoms with van der Waals surface area (Å²) in [4.78, 5) is 15.0. The largest absolute Gasteiger partial charge is 0.362 e. The van der Waals surface area contributed by atoms with Crippen molar-refractivity contribution in [3.8, 4) is 11.3 Å². The van der Waals surface area contributed by atoms with Gasteiger partial charge in [0.1, 0.15) is 11.6 Å². The number of hydrogen-bond acceptors (Lipinski definition) is 6. The normalized spacial score (nSPS) is 10.6. The van der Waals surface area contributed by atoms with E-state index >= 15 is 0 Å². The van der Waals surface area contributed by atoms with Gasteiger partial charge in [0, 0.05) is 56.9 Å². The molecular weight excluding hydrogens is 290 g/mol. The zero-order chi connectivity index (χ0) is 16.4. The minimum atomic E-state index is 0.542. The molecule has 0 radical (unpaired) electrons. The van der Waals surface area contributed by atoms with E-state index in [2.05, 4.69) is 25.4 Å². The Morgan fingerprint density at radius 3 is 2.74 bits per heavy atom. The van der Waals surface area contributed by atoms with Crippen molar-refractivity contribution in [3.05, 3.63) is 42.4 Å². The number of nitrogens with zero attached hydrogens (tertiary/aromatic N) is 6. The van der Waals surface area contributed by atoms with Crippen LogP contribution >= 0.6 is 0 Å². The minimum Gasteiger partial charge on any atom is -0.362 e. The highest BCUT2D eigenvalue weighted by Crippen LogP contribution is 2.23. The van der Waals surface area contributed by atoms with Crippen molar-refractivity contribution >= 4 is 17.6 Å². The number of hydrogen-bond donors (Lipinski definition) is 1. The SMILES string of the molecule is Cc1cnc(Nc2cc(-c3cccnc3)nn2C)nc1N(C)C. The van der Waals surface area contributed by atoms with Crippen molar-refractivity contribution in [2.75, 3.05) is 24.3 Å². The summed E-state index contributed by atoms with van der Waals surface area (Å²) < 4.78 is 1.76. The maximum Gasteiger partial charge on any atom is 0.230 e. The molecule has 3 heterocycles. The molecule has 0 unspecified atom stereocenters. The Bertz CT molecular complexity index is 809. The molecule has 0 saturated heterocycles. The van der Waals surface area contributed by atoms with Crippen LogP contribution in [0.4, 0.5) is 17.6 Å². The highest BCUT2D eigenvalue weighted by atomic mass is 15.3. The molecule has 3 rings (SSSR count). The monoisotopic (exact) mass is 309 g/mol. The summed E-state index contributed by atoms with van der Waals surface area (Å²) in [7, 11) is 5.80. The summed E-state index contributed by atoms with van der Waals surface area (Å²) in [5.74, 6) is 2.25. The van der Waals surface area contributed by atoms with Gasteiger partial charge < -0.3 is 10.2 Å². The average molecular weight is 309 g/mol. The summed E-state index contributed by atoms with van der Waals surface area (Å²) >= 11 is 0. The van der Waals surface area contributed by atoms with Crippen LogP contribution < -0.4 is 10.2 Å². The Hall–Kier alpha value is -2.96. The number of rotatable bonds is 4. The fraction of sp³-hybridized carbons (Fsp3) is 0.250. The van der Waals surface area contributed by atoms with E-state index in [9.17, 15) is 0 Å². The van der Waals surface area contributed by atoms with Crippen molar-refractivity contribution in [2.24, 2.45) is 7.05 Å². The molecule has 7 nitrogen and oxygen atoms in total. The number of aromatic nitrogens is 5. The van der Waals surface area contributed by atoms with Crippen LogP contribution in [0.25, 0.3) is 11.3 Å². The average Bonchev–Trinajstić information content (AvgIpc) is 2.91. The van der Waals surface area contributed by atoms with E-state index in [1.165, 1.54) is 0 Å². The predicted molar refractivity (Wildman–Crippen MR) is 90.8 cm³/mol. The molecule has 3 aromatic rings. The lowest BCUT2D eigenvalue weighted by atomic mass is 10.2. The predicted octanol–water partition coefficient (Wildman–Crippen LogP) is 2.39. The van der Waals surface area contributed by atoms with Gasteiger partial charge in [-0.25, -0.2) is 4.98 Å². The molecule has 1 N–H and O–H groups in total. The van der Waals surface area contributed by atoms with Gasteiger partial charge in [-0.15, -0.1) is 0 Å². The molecule has 0 atom stereocenters. The molecule has 23 heavy (non-hydrogen) atoms. The molecular formula is C16H19N7. The summed E-state index contributed by atoms with van der Waals surface area (Å²) in [6, 6.07) is 5.82. The molecule has 0 spiro atoms. The number of anilines is 3. The zero-order valence-electron chi connectivity index (χ0n) is 13.6. The third-order valence-electron chi connectivity index (χ3n) is 3.45. The Morgan fingerprint density at radius 1 is 1.22 bits per heavy atom. The molecule has 7 heteroatoms. The first-order valence-electron chi connectivity index (χ1n) is 7.27. The van der Waals surface area contributed by atoms with Crippen LogP contribution in [0.5, 0.6) is 0 Å². The first kappa shape index (κ1) is 15.0. The standard InChI is InChI=1S/C16H19N7/c1-11-9-18-16(20-15(11)22(2)3)19-14-8-13(21-23(14)4)12-6-5-7-17-10-12/h5-10H,1-4H3,(H,18,19,20). The third-order valence-corrected chi connectivity index (χ3v) is 3.45. The second-order valence-corrected chi connectivity index (χ2v) is 5.50. The van der Waals surface area contributed by atoms with Crippen LogP contribution in [0.2, 0.25) is 0 Å². The van der Waals surface area contributed by atoms with E-state index in [0.717, 1.165) is 28.5 Å². The molecule has 0 amide bonds. The van der Waals surface area contributed by atoms with E-state index < -0.39 is 0 Å². The van der Waals surface area contributed by atoms with Crippen LogP contribution in [-0.2, 0) is 7.05 Å². The molecule has 3 aromatic heterocycles. The van der Waals surface area contributed by atoms with Crippen LogP contribution in [0.3, 0.4) is 0 Å². The number of pyridine rings is 1. The topological polar surface area (TPSA) is 71.8 Å². The molecule has 0 aliphatic rings. The zero-order valence-corrected chi connectivity index (χ0v) is 13.6. The Kier molecular flexibility index (Phi) is 3.92. The maximum atomic E-state index is 4.54. The van der Waals surface area contributed by atoms with Gasteiger partial charge in [-0.3, -0.25) is 9.67 Å². The van der Waals surface area contributed by atoms with E-state index in [1.807, 2.05) is 57.4 Å². The van der Waals surface area contributed by atoms with Gasteiger partial charge in [0.25, 0.3) is 0 Å². The van der Waals surface area contributed by atoms with Gasteiger partial charge in [-0.2, -0.15) is 10.1 Å². The first-order valence-corrected chi connectivity index (χ1v) is 7.27. The number of nitrogens with one attached hydrogen (secondary N) is 1. The van der Waals surface area contributed by atoms with Crippen molar-refractivity contribution in [3.63, 3.8) is 0 Å². The maximum absolute atomic E-state index is 4.54. The lowest BCUT2D eigenvalue weighted by Crippen LogP contribution is -2.14. The number of aryl methyl sites for hydroxylation is 2. The second-order valence-electron chi connectivity index (χ2n) is 5.50. The molecule has 0 aliphatic heterocycles. The highest BCUT2D eigenvalue weighted by molar-refractivity contribution is 5.64. The van der Waals surface area contributed by atoms with Crippen LogP contribution in [0, 0.1) is 6.92 Å². The van der Waals surface area contributed by atoms with Crippen molar-refractivity contribution in [1.82, 2.24) is 24.7 Å². The quantitative estimate of drug-likeness (QED) is 0.798. The molecule has 0 saturated carbocycles. The summed E-state index contributed by atoms with van der Waals surface area (Å²) in [5.41, 5.74) is 2.85. The molecule has 118 valence electrons. The van der Waals surface area contributed by atoms with E-state index in [1.54, 1.807) is 17.1 Å². The Morgan fingerprint density at radius 2 is 2.04 bits per heavy atom. The van der Waals surface area contributed by atoms with Gasteiger partial charge in [0.05, 0.1) is 5.69 Å². The summed E-state index contributed by atoms with van der Waals surface area (Å²) in [6.07, 6.45) is 5.34. The van der Waals surface area contributed by atoms with Crippen molar-refractivity contribution < 1.29 is 0 Å². The highest BCUT2D eigenvalue weighted by Gasteiger charge is 2.10. The fourth-order valence-electron chi connectivity index (χ4n) is 2.30. The third kappa shape index (κ3) is 3.13. The van der Waals surface area contributed by atoms with Gasteiger partial charge >= 0.3 is 0 Å². The van der Waals surface area contributed by atoms with Gasteiger partial charge in [-0.05, 0) is 19.1 Å². The van der Waals surface area contributed by atoms with E-state index in [0.29, 0.717) is 5.95 Å². The Balaban J connectivity index is 1.89. The van der Waals surface area contributed by atoms with Crippen molar-refractivity contribution in [1.29, 1.82) is 0 Å². The minimum absolute atomic E-state index is 0.542. The van der Waals surface area contributed by atoms with Crippen LogP contribution in [-0.4, -0.2) is 38.8 Å². The molecule has 0 aliphatic carbocycles. The van der Waals surface area contributed by atoms with Crippen molar-refractivity contribution in [2.45, 2.75) is 6.92 Å². The summed E-state index contributed by atoms with van der Waals surface area (Å²) in [5, 5.41) is 7.72. The second kappa shape index (κ2) is 6.04. The van der Waals surface area contributed by atoms with Gasteiger partial charge in [0.15, 0.2) is 0 Å². The lowest BCUT2D eigenvalue weighted by molar-refractivity contribution is 0.778. The first-order chi connectivity index (χ1) is 11.0. The fourth-order valence-corrected chi connectivity index (χ4v) is 2.30. The molecule has 0 fully saturated rings. The molecule has 0 aromatic carbocycles. The smallest absolute Gasteiger partial charge is 0.230 e. The molecule has 0 bridgehead atoms. The van der Waals surface area contributed by atoms with Gasteiger partial charge in [0.2, 0.25) is 5.95 Å². The van der Waals surface area contributed by atoms with Crippen LogP contribution in [0.15, 0.2) is 36.8 Å².